The lowest BCUT2D eigenvalue weighted by Crippen LogP contribution is -2.43. The summed E-state index contributed by atoms with van der Waals surface area (Å²) in [5.41, 5.74) is 0. The van der Waals surface area contributed by atoms with Gasteiger partial charge in [0.05, 0.1) is 25.9 Å². The van der Waals surface area contributed by atoms with E-state index in [1.165, 1.54) is 0 Å². The molecule has 0 rings (SSSR count). The van der Waals surface area contributed by atoms with Crippen molar-refractivity contribution in [2.45, 2.75) is 51.4 Å². The zero-order valence-electron chi connectivity index (χ0n) is 14.0. The number of ether oxygens (including phenoxy) is 3. The molecule has 0 radical (unpaired) electrons. The number of hydrogen-bond donors (Lipinski definition) is 0. The molecule has 0 amide bonds. The molecule has 4 nitrogen and oxygen atoms in total. The highest BCUT2D eigenvalue weighted by atomic mass is 28.4. The van der Waals surface area contributed by atoms with Crippen molar-refractivity contribution >= 4 is 8.32 Å². The summed E-state index contributed by atoms with van der Waals surface area (Å²) in [5.74, 6) is 0. The fourth-order valence-corrected chi connectivity index (χ4v) is 2.27. The summed E-state index contributed by atoms with van der Waals surface area (Å²) in [6.07, 6.45) is 2.63. The zero-order chi connectivity index (χ0) is 15.6. The van der Waals surface area contributed by atoms with Crippen molar-refractivity contribution in [2.24, 2.45) is 0 Å². The standard InChI is InChI=1S/C15H32O4Si/c1-8-9-14(18-13-17-11-10-16-5)12-19-20(6,7)15(2,3)4/h8,14H,1,9-13H2,2-7H3. The van der Waals surface area contributed by atoms with Crippen molar-refractivity contribution in [3.8, 4) is 0 Å². The minimum atomic E-state index is -1.73. The van der Waals surface area contributed by atoms with Crippen molar-refractivity contribution < 1.29 is 18.6 Å². The quantitative estimate of drug-likeness (QED) is 0.253. The van der Waals surface area contributed by atoms with Gasteiger partial charge < -0.3 is 18.6 Å². The molecule has 0 N–H and O–H groups in total. The molecule has 0 aliphatic heterocycles. The molecule has 0 bridgehead atoms. The molecular formula is C15H32O4Si. The van der Waals surface area contributed by atoms with E-state index in [0.29, 0.717) is 19.8 Å². The van der Waals surface area contributed by atoms with Gasteiger partial charge in [0.25, 0.3) is 0 Å². The molecule has 120 valence electrons. The van der Waals surface area contributed by atoms with Crippen molar-refractivity contribution in [1.82, 2.24) is 0 Å². The minimum Gasteiger partial charge on any atom is -0.414 e. The Balaban J connectivity index is 4.11. The van der Waals surface area contributed by atoms with Crippen LogP contribution in [0, 0.1) is 0 Å². The van der Waals surface area contributed by atoms with Crippen molar-refractivity contribution in [3.05, 3.63) is 12.7 Å². The number of rotatable bonds is 11. The van der Waals surface area contributed by atoms with Crippen LogP contribution in [0.15, 0.2) is 12.7 Å². The molecular weight excluding hydrogens is 272 g/mol. The summed E-state index contributed by atoms with van der Waals surface area (Å²) in [5, 5.41) is 0.209. The molecule has 20 heavy (non-hydrogen) atoms. The highest BCUT2D eigenvalue weighted by Crippen LogP contribution is 2.36. The molecule has 0 aromatic heterocycles. The highest BCUT2D eigenvalue weighted by Gasteiger charge is 2.37. The fraction of sp³-hybridized carbons (Fsp3) is 0.867. The molecule has 1 unspecified atom stereocenters. The van der Waals surface area contributed by atoms with Gasteiger partial charge in [0.15, 0.2) is 8.32 Å². The van der Waals surface area contributed by atoms with Gasteiger partial charge >= 0.3 is 0 Å². The van der Waals surface area contributed by atoms with E-state index in [-0.39, 0.29) is 17.9 Å². The van der Waals surface area contributed by atoms with Crippen LogP contribution in [-0.4, -0.2) is 48.1 Å². The van der Waals surface area contributed by atoms with E-state index >= 15 is 0 Å². The lowest BCUT2D eigenvalue weighted by molar-refractivity contribution is -0.106. The maximum Gasteiger partial charge on any atom is 0.192 e. The van der Waals surface area contributed by atoms with Crippen LogP contribution in [0.4, 0.5) is 0 Å². The summed E-state index contributed by atoms with van der Waals surface area (Å²) >= 11 is 0. The van der Waals surface area contributed by atoms with Gasteiger partial charge in [0, 0.05) is 7.11 Å². The smallest absolute Gasteiger partial charge is 0.192 e. The molecule has 1 atom stereocenters. The largest absolute Gasteiger partial charge is 0.414 e. The van der Waals surface area contributed by atoms with Crippen LogP contribution >= 0.6 is 0 Å². The van der Waals surface area contributed by atoms with Gasteiger partial charge in [-0.25, -0.2) is 0 Å². The normalized spacial score (nSPS) is 14.3. The molecule has 0 aliphatic carbocycles. The summed E-state index contributed by atoms with van der Waals surface area (Å²) in [6.45, 7) is 16.9. The Kier molecular flexibility index (Phi) is 9.58. The minimum absolute atomic E-state index is 0.00386. The first-order chi connectivity index (χ1) is 9.24. The monoisotopic (exact) mass is 304 g/mol. The molecule has 0 saturated carbocycles. The van der Waals surface area contributed by atoms with Crippen LogP contribution in [0.3, 0.4) is 0 Å². The van der Waals surface area contributed by atoms with Gasteiger partial charge in [-0.1, -0.05) is 26.8 Å². The molecule has 0 aliphatic rings. The third kappa shape index (κ3) is 8.17. The summed E-state index contributed by atoms with van der Waals surface area (Å²) in [7, 11) is -0.0814. The highest BCUT2D eigenvalue weighted by molar-refractivity contribution is 6.74. The first-order valence-corrected chi connectivity index (χ1v) is 10.1. The average Bonchev–Trinajstić information content (AvgIpc) is 2.34. The Bertz CT molecular complexity index is 261. The maximum absolute atomic E-state index is 6.17. The second-order valence-corrected chi connectivity index (χ2v) is 11.2. The van der Waals surface area contributed by atoms with Crippen LogP contribution in [0.25, 0.3) is 0 Å². The van der Waals surface area contributed by atoms with Crippen LogP contribution in [0.2, 0.25) is 18.1 Å². The summed E-state index contributed by atoms with van der Waals surface area (Å²) in [4.78, 5) is 0. The Morgan fingerprint density at radius 3 is 2.35 bits per heavy atom. The Morgan fingerprint density at radius 2 is 1.85 bits per heavy atom. The van der Waals surface area contributed by atoms with E-state index in [0.717, 1.165) is 6.42 Å². The van der Waals surface area contributed by atoms with Crippen LogP contribution < -0.4 is 0 Å². The van der Waals surface area contributed by atoms with Gasteiger partial charge in [-0.05, 0) is 24.6 Å². The predicted octanol–water partition coefficient (Wildman–Crippen LogP) is 3.59. The van der Waals surface area contributed by atoms with E-state index < -0.39 is 8.32 Å². The van der Waals surface area contributed by atoms with Gasteiger partial charge in [-0.3, -0.25) is 0 Å². The second-order valence-electron chi connectivity index (χ2n) is 6.40. The summed E-state index contributed by atoms with van der Waals surface area (Å²) in [6, 6.07) is 0. The van der Waals surface area contributed by atoms with Gasteiger partial charge in [-0.15, -0.1) is 6.58 Å². The molecule has 0 aromatic carbocycles. The number of hydrogen-bond acceptors (Lipinski definition) is 4. The molecule has 5 heteroatoms. The SMILES string of the molecule is C=CCC(CO[Si](C)(C)C(C)(C)C)OCOCCOC. The van der Waals surface area contributed by atoms with E-state index in [1.807, 2.05) is 6.08 Å². The van der Waals surface area contributed by atoms with Crippen LogP contribution in [-0.2, 0) is 18.6 Å². The summed E-state index contributed by atoms with van der Waals surface area (Å²) < 4.78 is 22.1. The molecule has 0 fully saturated rings. The molecule has 0 aromatic rings. The van der Waals surface area contributed by atoms with Crippen molar-refractivity contribution in [2.75, 3.05) is 33.7 Å². The third-order valence-electron chi connectivity index (χ3n) is 3.68. The first kappa shape index (κ1) is 19.8. The molecule has 0 heterocycles. The van der Waals surface area contributed by atoms with E-state index in [4.69, 9.17) is 18.6 Å². The lowest BCUT2D eigenvalue weighted by atomic mass is 10.2. The predicted molar refractivity (Wildman–Crippen MR) is 85.5 cm³/mol. The Labute approximate surface area is 125 Å². The van der Waals surface area contributed by atoms with Gasteiger partial charge in [0.1, 0.15) is 6.79 Å². The first-order valence-electron chi connectivity index (χ1n) is 7.17. The van der Waals surface area contributed by atoms with E-state index in [1.54, 1.807) is 7.11 Å². The van der Waals surface area contributed by atoms with Crippen LogP contribution in [0.5, 0.6) is 0 Å². The van der Waals surface area contributed by atoms with Gasteiger partial charge in [-0.2, -0.15) is 0 Å². The van der Waals surface area contributed by atoms with Crippen molar-refractivity contribution in [1.29, 1.82) is 0 Å². The Morgan fingerprint density at radius 1 is 1.20 bits per heavy atom. The second kappa shape index (κ2) is 9.68. The Hall–Kier alpha value is -0.203. The van der Waals surface area contributed by atoms with Crippen LogP contribution in [0.1, 0.15) is 27.2 Å². The average molecular weight is 305 g/mol. The number of methoxy groups -OCH3 is 1. The maximum atomic E-state index is 6.17. The fourth-order valence-electron chi connectivity index (χ4n) is 1.23. The molecule has 0 saturated heterocycles. The van der Waals surface area contributed by atoms with E-state index in [2.05, 4.69) is 40.4 Å². The van der Waals surface area contributed by atoms with Crippen molar-refractivity contribution in [3.63, 3.8) is 0 Å². The van der Waals surface area contributed by atoms with Gasteiger partial charge in [0.2, 0.25) is 0 Å². The zero-order valence-corrected chi connectivity index (χ0v) is 15.0. The lowest BCUT2D eigenvalue weighted by Gasteiger charge is -2.37. The third-order valence-corrected chi connectivity index (χ3v) is 8.19. The van der Waals surface area contributed by atoms with E-state index in [9.17, 15) is 0 Å². The topological polar surface area (TPSA) is 36.9 Å². The molecule has 0 spiro atoms.